The highest BCUT2D eigenvalue weighted by atomic mass is 16.1. The molecule has 0 bridgehead atoms. The van der Waals surface area contributed by atoms with Gasteiger partial charge in [-0.1, -0.05) is 13.8 Å². The first-order chi connectivity index (χ1) is 9.08. The van der Waals surface area contributed by atoms with Crippen LogP contribution in [0.2, 0.25) is 0 Å². The highest BCUT2D eigenvalue weighted by Gasteiger charge is 2.09. The molecular weight excluding hydrogens is 242 g/mol. The Morgan fingerprint density at radius 2 is 1.74 bits per heavy atom. The number of aromatic nitrogens is 2. The van der Waals surface area contributed by atoms with Crippen molar-refractivity contribution in [3.05, 3.63) is 11.4 Å². The minimum absolute atomic E-state index is 0.294. The number of nitrogens with two attached hydrogens (primary N) is 1. The number of hydrogen-bond acceptors (Lipinski definition) is 5. The molecule has 1 heterocycles. The number of aryl methyl sites for hydroxylation is 1. The highest BCUT2D eigenvalue weighted by molar-refractivity contribution is 5.74. The van der Waals surface area contributed by atoms with E-state index in [1.165, 1.54) is 0 Å². The summed E-state index contributed by atoms with van der Waals surface area (Å²) in [6, 6.07) is 0. The molecule has 0 saturated carbocycles. The van der Waals surface area contributed by atoms with Crippen LogP contribution in [0.1, 0.15) is 38.1 Å². The van der Waals surface area contributed by atoms with Crippen molar-refractivity contribution in [3.63, 3.8) is 0 Å². The lowest BCUT2D eigenvalue weighted by Crippen LogP contribution is -2.17. The molecule has 0 saturated heterocycles. The number of nitrogens with zero attached hydrogens (tertiary/aromatic N) is 2. The van der Waals surface area contributed by atoms with Crippen LogP contribution < -0.4 is 16.4 Å². The zero-order valence-electron chi connectivity index (χ0n) is 11.9. The minimum atomic E-state index is -0.320. The Balaban J connectivity index is 2.85. The van der Waals surface area contributed by atoms with Gasteiger partial charge in [0, 0.05) is 31.5 Å². The molecule has 1 aromatic rings. The maximum Gasteiger partial charge on any atom is 0.219 e. The summed E-state index contributed by atoms with van der Waals surface area (Å²) in [5.74, 6) is 2.09. The van der Waals surface area contributed by atoms with E-state index in [0.29, 0.717) is 13.0 Å². The van der Waals surface area contributed by atoms with E-state index in [1.54, 1.807) is 0 Å². The first-order valence-corrected chi connectivity index (χ1v) is 6.72. The van der Waals surface area contributed by atoms with Crippen LogP contribution in [0.3, 0.4) is 0 Å². The van der Waals surface area contributed by atoms with E-state index < -0.39 is 0 Å². The van der Waals surface area contributed by atoms with Gasteiger partial charge in [0.15, 0.2) is 0 Å². The first kappa shape index (κ1) is 15.2. The second-order valence-corrected chi connectivity index (χ2v) is 4.39. The third-order valence-corrected chi connectivity index (χ3v) is 2.71. The molecule has 0 aromatic carbocycles. The van der Waals surface area contributed by atoms with Crippen LogP contribution in [0.4, 0.5) is 11.6 Å². The van der Waals surface area contributed by atoms with Crippen molar-refractivity contribution < 1.29 is 4.79 Å². The van der Waals surface area contributed by atoms with E-state index in [0.717, 1.165) is 42.4 Å². The van der Waals surface area contributed by atoms with E-state index >= 15 is 0 Å². The smallest absolute Gasteiger partial charge is 0.219 e. The molecule has 0 atom stereocenters. The van der Waals surface area contributed by atoms with E-state index in [2.05, 4.69) is 27.5 Å². The van der Waals surface area contributed by atoms with Crippen molar-refractivity contribution in [1.29, 1.82) is 0 Å². The van der Waals surface area contributed by atoms with Gasteiger partial charge >= 0.3 is 0 Å². The van der Waals surface area contributed by atoms with E-state index in [1.807, 2.05) is 13.8 Å². The molecule has 0 aliphatic carbocycles. The lowest BCUT2D eigenvalue weighted by Gasteiger charge is -2.14. The zero-order chi connectivity index (χ0) is 14.3. The molecular formula is C13H23N5O. The molecule has 0 fully saturated rings. The van der Waals surface area contributed by atoms with Crippen molar-refractivity contribution in [2.75, 3.05) is 23.7 Å². The topological polar surface area (TPSA) is 92.9 Å². The Bertz CT molecular complexity index is 433. The molecule has 6 heteroatoms. The Hall–Kier alpha value is -1.85. The predicted molar refractivity (Wildman–Crippen MR) is 77.2 cm³/mol. The molecule has 0 aliphatic rings. The fraction of sp³-hybridized carbons (Fsp3) is 0.615. The number of hydrogen-bond donors (Lipinski definition) is 3. The predicted octanol–water partition coefficient (Wildman–Crippen LogP) is 1.46. The van der Waals surface area contributed by atoms with Crippen LogP contribution in [0.5, 0.6) is 0 Å². The quantitative estimate of drug-likeness (QED) is 0.661. The number of anilines is 2. The third kappa shape index (κ3) is 4.73. The normalized spacial score (nSPS) is 10.3. The van der Waals surface area contributed by atoms with Gasteiger partial charge in [0.2, 0.25) is 5.91 Å². The van der Waals surface area contributed by atoms with E-state index in [9.17, 15) is 4.79 Å². The summed E-state index contributed by atoms with van der Waals surface area (Å²) < 4.78 is 0. The molecule has 106 valence electrons. The summed E-state index contributed by atoms with van der Waals surface area (Å²) in [6.45, 7) is 7.45. The molecule has 1 amide bonds. The van der Waals surface area contributed by atoms with Crippen molar-refractivity contribution >= 4 is 17.5 Å². The van der Waals surface area contributed by atoms with Crippen LogP contribution in [-0.4, -0.2) is 29.0 Å². The SMILES string of the molecule is CCCNc1nc(CC)nc(NCCC(N)=O)c1C. The van der Waals surface area contributed by atoms with Crippen LogP contribution in [-0.2, 0) is 11.2 Å². The Kier molecular flexibility index (Phi) is 6.05. The Morgan fingerprint density at radius 3 is 2.21 bits per heavy atom. The lowest BCUT2D eigenvalue weighted by atomic mass is 10.2. The summed E-state index contributed by atoms with van der Waals surface area (Å²) in [6.07, 6.45) is 2.10. The fourth-order valence-corrected chi connectivity index (χ4v) is 1.61. The van der Waals surface area contributed by atoms with Crippen LogP contribution in [0, 0.1) is 6.92 Å². The minimum Gasteiger partial charge on any atom is -0.370 e. The third-order valence-electron chi connectivity index (χ3n) is 2.71. The molecule has 0 unspecified atom stereocenters. The number of carbonyl (C=O) groups excluding carboxylic acids is 1. The standard InChI is InChI=1S/C13H23N5O/c1-4-7-15-12-9(3)13(16-8-6-10(14)19)18-11(5-2)17-12/h4-8H2,1-3H3,(H2,14,19)(H2,15,16,17,18). The van der Waals surface area contributed by atoms with Gasteiger partial charge in [-0.15, -0.1) is 0 Å². The second kappa shape index (κ2) is 7.56. The summed E-state index contributed by atoms with van der Waals surface area (Å²) >= 11 is 0. The van der Waals surface area contributed by atoms with Gasteiger partial charge < -0.3 is 16.4 Å². The Morgan fingerprint density at radius 1 is 1.16 bits per heavy atom. The van der Waals surface area contributed by atoms with Gasteiger partial charge in [0.25, 0.3) is 0 Å². The first-order valence-electron chi connectivity index (χ1n) is 6.72. The molecule has 6 nitrogen and oxygen atoms in total. The average Bonchev–Trinajstić information content (AvgIpc) is 2.38. The van der Waals surface area contributed by atoms with E-state index in [4.69, 9.17) is 5.73 Å². The van der Waals surface area contributed by atoms with Crippen LogP contribution in [0.25, 0.3) is 0 Å². The Labute approximate surface area is 114 Å². The van der Waals surface area contributed by atoms with Gasteiger partial charge in [0.1, 0.15) is 17.5 Å². The lowest BCUT2D eigenvalue weighted by molar-refractivity contribution is -0.117. The number of amides is 1. The number of primary amides is 1. The van der Waals surface area contributed by atoms with Crippen LogP contribution >= 0.6 is 0 Å². The van der Waals surface area contributed by atoms with Crippen molar-refractivity contribution in [2.24, 2.45) is 5.73 Å². The number of rotatable bonds is 8. The van der Waals surface area contributed by atoms with Gasteiger partial charge in [-0.2, -0.15) is 0 Å². The molecule has 1 aromatic heterocycles. The number of carbonyl (C=O) groups is 1. The second-order valence-electron chi connectivity index (χ2n) is 4.39. The van der Waals surface area contributed by atoms with Crippen molar-refractivity contribution in [3.8, 4) is 0 Å². The molecule has 0 aliphatic heterocycles. The fourth-order valence-electron chi connectivity index (χ4n) is 1.61. The molecule has 4 N–H and O–H groups in total. The van der Waals surface area contributed by atoms with Gasteiger partial charge in [-0.3, -0.25) is 4.79 Å². The van der Waals surface area contributed by atoms with Crippen molar-refractivity contribution in [2.45, 2.75) is 40.0 Å². The van der Waals surface area contributed by atoms with E-state index in [-0.39, 0.29) is 5.91 Å². The van der Waals surface area contributed by atoms with Crippen molar-refractivity contribution in [1.82, 2.24) is 9.97 Å². The number of nitrogens with one attached hydrogen (secondary N) is 2. The largest absolute Gasteiger partial charge is 0.370 e. The molecule has 0 spiro atoms. The molecule has 19 heavy (non-hydrogen) atoms. The summed E-state index contributed by atoms with van der Waals surface area (Å²) in [7, 11) is 0. The average molecular weight is 265 g/mol. The molecule has 1 rings (SSSR count). The highest BCUT2D eigenvalue weighted by Crippen LogP contribution is 2.20. The summed E-state index contributed by atoms with van der Waals surface area (Å²) in [4.78, 5) is 19.7. The van der Waals surface area contributed by atoms with Crippen LogP contribution in [0.15, 0.2) is 0 Å². The zero-order valence-corrected chi connectivity index (χ0v) is 11.9. The van der Waals surface area contributed by atoms with Gasteiger partial charge in [-0.05, 0) is 13.3 Å². The van der Waals surface area contributed by atoms with Gasteiger partial charge in [0.05, 0.1) is 0 Å². The summed E-state index contributed by atoms with van der Waals surface area (Å²) in [5.41, 5.74) is 6.09. The maximum atomic E-state index is 10.7. The molecule has 0 radical (unpaired) electrons. The monoisotopic (exact) mass is 265 g/mol. The maximum absolute atomic E-state index is 10.7. The summed E-state index contributed by atoms with van der Waals surface area (Å²) in [5, 5.41) is 6.44. The van der Waals surface area contributed by atoms with Gasteiger partial charge in [-0.25, -0.2) is 9.97 Å².